The molecule has 1 N–H and O–H groups in total. The first-order valence-electron chi connectivity index (χ1n) is 10.2. The molecule has 0 radical (unpaired) electrons. The Morgan fingerprint density at radius 2 is 1.70 bits per heavy atom. The zero-order valence-corrected chi connectivity index (χ0v) is 17.2. The van der Waals surface area contributed by atoms with Gasteiger partial charge in [-0.1, -0.05) is 0 Å². The lowest BCUT2D eigenvalue weighted by Gasteiger charge is -2.15. The number of halogens is 1. The number of rotatable bonds is 6. The van der Waals surface area contributed by atoms with Crippen LogP contribution in [0.5, 0.6) is 0 Å². The first-order chi connectivity index (χ1) is 14.5. The lowest BCUT2D eigenvalue weighted by atomic mass is 10.1. The molecule has 1 aliphatic heterocycles. The van der Waals surface area contributed by atoms with E-state index in [1.54, 1.807) is 16.8 Å². The molecule has 1 aromatic carbocycles. The molecule has 0 saturated carbocycles. The van der Waals surface area contributed by atoms with Crippen LogP contribution in [0.4, 0.5) is 15.9 Å². The average molecular weight is 408 g/mol. The van der Waals surface area contributed by atoms with Crippen LogP contribution in [0.1, 0.15) is 36.2 Å². The molecule has 8 heteroatoms. The normalized spacial score (nSPS) is 13.6. The SMILES string of the molecule is Cc1nn(-c2ccc(N3CCCC3)nn2)c(C)c1CCC(=O)Nc1ccc(F)cc1. The monoisotopic (exact) mass is 408 g/mol. The van der Waals surface area contributed by atoms with Crippen LogP contribution in [0.25, 0.3) is 5.82 Å². The topological polar surface area (TPSA) is 75.9 Å². The highest BCUT2D eigenvalue weighted by atomic mass is 19.1. The van der Waals surface area contributed by atoms with E-state index in [-0.39, 0.29) is 11.7 Å². The summed E-state index contributed by atoms with van der Waals surface area (Å²) < 4.78 is 14.8. The predicted octanol–water partition coefficient (Wildman–Crippen LogP) is 3.59. The van der Waals surface area contributed by atoms with Gasteiger partial charge in [0, 0.05) is 30.9 Å². The van der Waals surface area contributed by atoms with Gasteiger partial charge in [-0.3, -0.25) is 4.79 Å². The summed E-state index contributed by atoms with van der Waals surface area (Å²) in [7, 11) is 0. The van der Waals surface area contributed by atoms with E-state index in [9.17, 15) is 9.18 Å². The highest BCUT2D eigenvalue weighted by Crippen LogP contribution is 2.21. The molecule has 3 heterocycles. The number of aromatic nitrogens is 4. The summed E-state index contributed by atoms with van der Waals surface area (Å²) in [5.74, 6) is 1.11. The van der Waals surface area contributed by atoms with Gasteiger partial charge in [0.25, 0.3) is 0 Å². The van der Waals surface area contributed by atoms with E-state index < -0.39 is 0 Å². The molecule has 1 saturated heterocycles. The van der Waals surface area contributed by atoms with Gasteiger partial charge in [0.1, 0.15) is 5.82 Å². The molecule has 0 bridgehead atoms. The lowest BCUT2D eigenvalue weighted by Crippen LogP contribution is -2.19. The van der Waals surface area contributed by atoms with Gasteiger partial charge in [-0.2, -0.15) is 5.10 Å². The van der Waals surface area contributed by atoms with Crippen molar-refractivity contribution in [1.82, 2.24) is 20.0 Å². The summed E-state index contributed by atoms with van der Waals surface area (Å²) in [4.78, 5) is 14.5. The van der Waals surface area contributed by atoms with Gasteiger partial charge in [-0.05, 0) is 75.1 Å². The number of nitrogens with zero attached hydrogens (tertiary/aromatic N) is 5. The van der Waals surface area contributed by atoms with E-state index in [0.29, 0.717) is 24.3 Å². The van der Waals surface area contributed by atoms with Gasteiger partial charge in [0.05, 0.1) is 5.69 Å². The molecule has 0 atom stereocenters. The van der Waals surface area contributed by atoms with Crippen LogP contribution in [0.15, 0.2) is 36.4 Å². The maximum absolute atomic E-state index is 13.0. The molecule has 0 unspecified atom stereocenters. The summed E-state index contributed by atoms with van der Waals surface area (Å²) >= 11 is 0. The summed E-state index contributed by atoms with van der Waals surface area (Å²) in [5, 5.41) is 16.1. The van der Waals surface area contributed by atoms with Gasteiger partial charge in [0.2, 0.25) is 5.91 Å². The molecule has 1 aliphatic rings. The fourth-order valence-electron chi connectivity index (χ4n) is 3.80. The van der Waals surface area contributed by atoms with Crippen LogP contribution in [0.3, 0.4) is 0 Å². The van der Waals surface area contributed by atoms with Gasteiger partial charge in [0.15, 0.2) is 11.6 Å². The lowest BCUT2D eigenvalue weighted by molar-refractivity contribution is -0.116. The Morgan fingerprint density at radius 1 is 1.03 bits per heavy atom. The number of carbonyl (C=O) groups excluding carboxylic acids is 1. The van der Waals surface area contributed by atoms with E-state index in [4.69, 9.17) is 0 Å². The Bertz CT molecular complexity index is 1020. The second kappa shape index (κ2) is 8.61. The number of amides is 1. The van der Waals surface area contributed by atoms with E-state index in [1.807, 2.05) is 26.0 Å². The van der Waals surface area contributed by atoms with Crippen LogP contribution >= 0.6 is 0 Å². The van der Waals surface area contributed by atoms with E-state index >= 15 is 0 Å². The number of benzene rings is 1. The zero-order chi connectivity index (χ0) is 21.1. The van der Waals surface area contributed by atoms with Crippen LogP contribution in [0.2, 0.25) is 0 Å². The van der Waals surface area contributed by atoms with Crippen LogP contribution in [0, 0.1) is 19.7 Å². The minimum absolute atomic E-state index is 0.122. The number of hydrogen-bond acceptors (Lipinski definition) is 5. The molecule has 1 amide bonds. The molecule has 3 aromatic rings. The van der Waals surface area contributed by atoms with Gasteiger partial charge in [-0.15, -0.1) is 10.2 Å². The Hall–Kier alpha value is -3.29. The van der Waals surface area contributed by atoms with Crippen molar-refractivity contribution in [1.29, 1.82) is 0 Å². The molecule has 7 nitrogen and oxygen atoms in total. The van der Waals surface area contributed by atoms with Crippen molar-refractivity contribution in [2.24, 2.45) is 0 Å². The van der Waals surface area contributed by atoms with Gasteiger partial charge in [-0.25, -0.2) is 9.07 Å². The summed E-state index contributed by atoms with van der Waals surface area (Å²) in [6.45, 7) is 5.96. The smallest absolute Gasteiger partial charge is 0.224 e. The second-order valence-electron chi connectivity index (χ2n) is 7.56. The molecule has 4 rings (SSSR count). The Morgan fingerprint density at radius 3 is 2.37 bits per heavy atom. The molecule has 2 aromatic heterocycles. The third-order valence-corrected chi connectivity index (χ3v) is 5.45. The van der Waals surface area contributed by atoms with Crippen molar-refractivity contribution in [3.63, 3.8) is 0 Å². The molecule has 30 heavy (non-hydrogen) atoms. The fraction of sp³-hybridized carbons (Fsp3) is 0.364. The largest absolute Gasteiger partial charge is 0.355 e. The van der Waals surface area contributed by atoms with Gasteiger partial charge >= 0.3 is 0 Å². The van der Waals surface area contributed by atoms with Gasteiger partial charge < -0.3 is 10.2 Å². The Kier molecular flexibility index (Phi) is 5.74. The minimum atomic E-state index is -0.330. The van der Waals surface area contributed by atoms with Crippen molar-refractivity contribution in [2.75, 3.05) is 23.3 Å². The van der Waals surface area contributed by atoms with E-state index in [1.165, 1.54) is 25.0 Å². The molecule has 0 spiro atoms. The predicted molar refractivity (Wildman–Crippen MR) is 113 cm³/mol. The van der Waals surface area contributed by atoms with Crippen LogP contribution in [-0.2, 0) is 11.2 Å². The van der Waals surface area contributed by atoms with Crippen LogP contribution in [-0.4, -0.2) is 39.0 Å². The molecule has 0 aliphatic carbocycles. The highest BCUT2D eigenvalue weighted by Gasteiger charge is 2.17. The number of aryl methyl sites for hydroxylation is 1. The van der Waals surface area contributed by atoms with Crippen molar-refractivity contribution >= 4 is 17.4 Å². The number of hydrogen-bond donors (Lipinski definition) is 1. The highest BCUT2D eigenvalue weighted by molar-refractivity contribution is 5.90. The van der Waals surface area contributed by atoms with Crippen LogP contribution < -0.4 is 10.2 Å². The third-order valence-electron chi connectivity index (χ3n) is 5.45. The first-order valence-corrected chi connectivity index (χ1v) is 10.2. The molecule has 1 fully saturated rings. The van der Waals surface area contributed by atoms with E-state index in [2.05, 4.69) is 25.5 Å². The third kappa shape index (κ3) is 4.32. The molecule has 156 valence electrons. The maximum atomic E-state index is 13.0. The minimum Gasteiger partial charge on any atom is -0.355 e. The van der Waals surface area contributed by atoms with Crippen molar-refractivity contribution in [3.05, 3.63) is 59.2 Å². The molecular formula is C22H25FN6O. The van der Waals surface area contributed by atoms with Crippen molar-refractivity contribution in [2.45, 2.75) is 39.5 Å². The Labute approximate surface area is 174 Å². The summed E-state index contributed by atoms with van der Waals surface area (Å²) in [6, 6.07) is 9.66. The average Bonchev–Trinajstić information content (AvgIpc) is 3.37. The fourth-order valence-corrected chi connectivity index (χ4v) is 3.80. The number of carbonyl (C=O) groups is 1. The van der Waals surface area contributed by atoms with Crippen molar-refractivity contribution < 1.29 is 9.18 Å². The Balaban J connectivity index is 1.42. The van der Waals surface area contributed by atoms with Crippen molar-refractivity contribution in [3.8, 4) is 5.82 Å². The quantitative estimate of drug-likeness (QED) is 0.675. The summed E-state index contributed by atoms with van der Waals surface area (Å²) in [5.41, 5.74) is 3.42. The standard InChI is InChI=1S/C22H25FN6O/c1-15-19(9-12-22(30)24-18-7-5-17(23)6-8-18)16(2)29(27-15)21-11-10-20(25-26-21)28-13-3-4-14-28/h5-8,10-11H,3-4,9,12-14H2,1-2H3,(H,24,30). The first kappa shape index (κ1) is 20.0. The molecular weight excluding hydrogens is 383 g/mol. The number of nitrogens with one attached hydrogen (secondary N) is 1. The van der Waals surface area contributed by atoms with E-state index in [0.717, 1.165) is 35.9 Å². The zero-order valence-electron chi connectivity index (χ0n) is 17.2. The number of anilines is 2. The second-order valence-corrected chi connectivity index (χ2v) is 7.56. The maximum Gasteiger partial charge on any atom is 0.224 e. The summed E-state index contributed by atoms with van der Waals surface area (Å²) in [6.07, 6.45) is 3.26.